The van der Waals surface area contributed by atoms with Crippen LogP contribution in [0, 0.1) is 17.6 Å². The van der Waals surface area contributed by atoms with Crippen molar-refractivity contribution in [2.45, 2.75) is 12.8 Å². The second-order valence-electron chi connectivity index (χ2n) is 4.84. The molecule has 0 saturated carbocycles. The molecule has 0 saturated heterocycles. The maximum absolute atomic E-state index is 13.8. The van der Waals surface area contributed by atoms with Crippen LogP contribution < -0.4 is 5.73 Å². The Morgan fingerprint density at radius 2 is 1.70 bits per heavy atom. The summed E-state index contributed by atoms with van der Waals surface area (Å²) in [6, 6.07) is 10.9. The van der Waals surface area contributed by atoms with E-state index in [0.29, 0.717) is 30.0 Å². The molecule has 2 N–H and O–H groups in total. The first-order valence-electron chi connectivity index (χ1n) is 6.47. The van der Waals surface area contributed by atoms with Gasteiger partial charge in [-0.05, 0) is 55.1 Å². The summed E-state index contributed by atoms with van der Waals surface area (Å²) in [5.74, 6) is -0.514. The van der Waals surface area contributed by atoms with Gasteiger partial charge in [0.05, 0.1) is 0 Å². The van der Waals surface area contributed by atoms with Crippen molar-refractivity contribution in [2.24, 2.45) is 11.7 Å². The molecule has 2 aromatic carbocycles. The normalized spacial score (nSPS) is 12.4. The van der Waals surface area contributed by atoms with Crippen LogP contribution in [0.3, 0.4) is 0 Å². The Bertz CT molecular complexity index is 549. The van der Waals surface area contributed by atoms with Crippen molar-refractivity contribution in [1.29, 1.82) is 0 Å². The van der Waals surface area contributed by atoms with E-state index in [1.807, 2.05) is 0 Å². The van der Waals surface area contributed by atoms with Crippen LogP contribution in [0.25, 0.3) is 0 Å². The van der Waals surface area contributed by atoms with E-state index in [4.69, 9.17) is 17.3 Å². The topological polar surface area (TPSA) is 26.0 Å². The van der Waals surface area contributed by atoms with Gasteiger partial charge in [0.1, 0.15) is 11.6 Å². The van der Waals surface area contributed by atoms with Crippen LogP contribution in [0.5, 0.6) is 0 Å². The van der Waals surface area contributed by atoms with Crippen molar-refractivity contribution in [3.05, 3.63) is 70.2 Å². The molecule has 20 heavy (non-hydrogen) atoms. The molecule has 0 bridgehead atoms. The summed E-state index contributed by atoms with van der Waals surface area (Å²) < 4.78 is 26.6. The van der Waals surface area contributed by atoms with Gasteiger partial charge in [-0.2, -0.15) is 0 Å². The van der Waals surface area contributed by atoms with Gasteiger partial charge in [0.25, 0.3) is 0 Å². The predicted octanol–water partition coefficient (Wildman–Crippen LogP) is 3.98. The number of rotatable bonds is 5. The SMILES string of the molecule is NCC(Cc1ccc(F)cc1)Cc1c(F)cccc1Cl. The first kappa shape index (κ1) is 14.9. The third kappa shape index (κ3) is 3.78. The highest BCUT2D eigenvalue weighted by molar-refractivity contribution is 6.31. The molecule has 2 aromatic rings. The number of hydrogen-bond donors (Lipinski definition) is 1. The molecule has 0 aliphatic heterocycles. The molecule has 0 aliphatic rings. The maximum atomic E-state index is 13.8. The van der Waals surface area contributed by atoms with E-state index >= 15 is 0 Å². The van der Waals surface area contributed by atoms with Gasteiger partial charge in [-0.15, -0.1) is 0 Å². The van der Waals surface area contributed by atoms with Crippen LogP contribution in [-0.2, 0) is 12.8 Å². The molecule has 0 spiro atoms. The molecule has 106 valence electrons. The minimum atomic E-state index is -0.310. The summed E-state index contributed by atoms with van der Waals surface area (Å²) in [7, 11) is 0. The Labute approximate surface area is 122 Å². The van der Waals surface area contributed by atoms with Crippen LogP contribution in [0.2, 0.25) is 5.02 Å². The molecule has 0 radical (unpaired) electrons. The highest BCUT2D eigenvalue weighted by Crippen LogP contribution is 2.23. The number of halogens is 3. The van der Waals surface area contributed by atoms with Crippen molar-refractivity contribution in [2.75, 3.05) is 6.54 Å². The molecule has 1 nitrogen and oxygen atoms in total. The lowest BCUT2D eigenvalue weighted by molar-refractivity contribution is 0.511. The van der Waals surface area contributed by atoms with E-state index < -0.39 is 0 Å². The van der Waals surface area contributed by atoms with Gasteiger partial charge >= 0.3 is 0 Å². The summed E-state index contributed by atoms with van der Waals surface area (Å²) in [5, 5.41) is 0.419. The molecule has 2 rings (SSSR count). The molecular formula is C16H16ClF2N. The molecule has 1 unspecified atom stereocenters. The van der Waals surface area contributed by atoms with Crippen LogP contribution in [0.1, 0.15) is 11.1 Å². The number of benzene rings is 2. The predicted molar refractivity (Wildman–Crippen MR) is 77.8 cm³/mol. The van der Waals surface area contributed by atoms with E-state index in [1.54, 1.807) is 24.3 Å². The molecule has 0 aliphatic carbocycles. The van der Waals surface area contributed by atoms with Crippen LogP contribution in [0.4, 0.5) is 8.78 Å². The van der Waals surface area contributed by atoms with E-state index in [-0.39, 0.29) is 17.6 Å². The molecule has 1 atom stereocenters. The Morgan fingerprint density at radius 1 is 1.00 bits per heavy atom. The first-order valence-corrected chi connectivity index (χ1v) is 6.85. The third-order valence-electron chi connectivity index (χ3n) is 3.33. The summed E-state index contributed by atoms with van der Waals surface area (Å²) in [6.45, 7) is 0.419. The summed E-state index contributed by atoms with van der Waals surface area (Å²) in [4.78, 5) is 0. The van der Waals surface area contributed by atoms with E-state index in [2.05, 4.69) is 0 Å². The largest absolute Gasteiger partial charge is 0.330 e. The quantitative estimate of drug-likeness (QED) is 0.887. The molecule has 0 aromatic heterocycles. The lowest BCUT2D eigenvalue weighted by Gasteiger charge is -2.16. The van der Waals surface area contributed by atoms with Gasteiger partial charge in [-0.25, -0.2) is 8.78 Å². The van der Waals surface area contributed by atoms with Gasteiger partial charge in [0.15, 0.2) is 0 Å². The van der Waals surface area contributed by atoms with Gasteiger partial charge in [0, 0.05) is 10.6 Å². The van der Waals surface area contributed by atoms with Gasteiger partial charge in [0.2, 0.25) is 0 Å². The molecule has 4 heteroatoms. The van der Waals surface area contributed by atoms with Gasteiger partial charge in [-0.3, -0.25) is 0 Å². The van der Waals surface area contributed by atoms with Crippen LogP contribution in [0.15, 0.2) is 42.5 Å². The van der Waals surface area contributed by atoms with E-state index in [0.717, 1.165) is 5.56 Å². The minimum Gasteiger partial charge on any atom is -0.330 e. The smallest absolute Gasteiger partial charge is 0.127 e. The number of hydrogen-bond acceptors (Lipinski definition) is 1. The standard InChI is InChI=1S/C16H16ClF2N/c17-15-2-1-3-16(19)14(15)9-12(10-20)8-11-4-6-13(18)7-5-11/h1-7,12H,8-10,20H2. The van der Waals surface area contributed by atoms with Crippen LogP contribution >= 0.6 is 11.6 Å². The average molecular weight is 296 g/mol. The highest BCUT2D eigenvalue weighted by Gasteiger charge is 2.14. The second-order valence-corrected chi connectivity index (χ2v) is 5.24. The Kier molecular flexibility index (Phi) is 5.10. The fourth-order valence-corrected chi connectivity index (χ4v) is 2.45. The lowest BCUT2D eigenvalue weighted by Crippen LogP contribution is -2.20. The lowest BCUT2D eigenvalue weighted by atomic mass is 9.92. The Hall–Kier alpha value is -1.45. The van der Waals surface area contributed by atoms with Gasteiger partial charge in [-0.1, -0.05) is 29.8 Å². The Balaban J connectivity index is 2.11. The van der Waals surface area contributed by atoms with Gasteiger partial charge < -0.3 is 5.73 Å². The first-order chi connectivity index (χ1) is 9.60. The monoisotopic (exact) mass is 295 g/mol. The molecule has 0 heterocycles. The Morgan fingerprint density at radius 3 is 2.30 bits per heavy atom. The summed E-state index contributed by atoms with van der Waals surface area (Å²) in [6.07, 6.45) is 1.14. The van der Waals surface area contributed by atoms with E-state index in [1.165, 1.54) is 18.2 Å². The second kappa shape index (κ2) is 6.82. The average Bonchev–Trinajstić information content (AvgIpc) is 2.44. The van der Waals surface area contributed by atoms with Crippen molar-refractivity contribution in [3.63, 3.8) is 0 Å². The fourth-order valence-electron chi connectivity index (χ4n) is 2.21. The zero-order valence-corrected chi connectivity index (χ0v) is 11.7. The summed E-state index contributed by atoms with van der Waals surface area (Å²) in [5.41, 5.74) is 7.23. The maximum Gasteiger partial charge on any atom is 0.127 e. The van der Waals surface area contributed by atoms with Crippen molar-refractivity contribution in [3.8, 4) is 0 Å². The molecule has 0 amide bonds. The fraction of sp³-hybridized carbons (Fsp3) is 0.250. The molecular weight excluding hydrogens is 280 g/mol. The zero-order valence-electron chi connectivity index (χ0n) is 11.0. The minimum absolute atomic E-state index is 0.0647. The number of nitrogens with two attached hydrogens (primary N) is 1. The van der Waals surface area contributed by atoms with Crippen molar-refractivity contribution in [1.82, 2.24) is 0 Å². The highest BCUT2D eigenvalue weighted by atomic mass is 35.5. The molecule has 0 fully saturated rings. The van der Waals surface area contributed by atoms with Crippen molar-refractivity contribution >= 4 is 11.6 Å². The van der Waals surface area contributed by atoms with Crippen LogP contribution in [-0.4, -0.2) is 6.54 Å². The summed E-state index contributed by atoms with van der Waals surface area (Å²) >= 11 is 6.02. The zero-order chi connectivity index (χ0) is 14.5. The van der Waals surface area contributed by atoms with Crippen molar-refractivity contribution < 1.29 is 8.78 Å². The third-order valence-corrected chi connectivity index (χ3v) is 3.68. The van der Waals surface area contributed by atoms with E-state index in [9.17, 15) is 8.78 Å².